The summed E-state index contributed by atoms with van der Waals surface area (Å²) in [6.45, 7) is 7.99. The number of nitrogens with one attached hydrogen (secondary N) is 1. The van der Waals surface area contributed by atoms with Gasteiger partial charge in [-0.3, -0.25) is 4.79 Å². The summed E-state index contributed by atoms with van der Waals surface area (Å²) in [6.07, 6.45) is 0. The number of nitrogens with two attached hydrogens (primary N) is 1. The summed E-state index contributed by atoms with van der Waals surface area (Å²) in [4.78, 5) is 11.6. The van der Waals surface area contributed by atoms with E-state index in [1.165, 1.54) is 7.11 Å². The third kappa shape index (κ3) is 3.64. The first-order valence-electron chi connectivity index (χ1n) is 4.91. The molecule has 0 aromatic carbocycles. The molecule has 0 aliphatic rings. The lowest BCUT2D eigenvalue weighted by molar-refractivity contribution is -0.140. The summed E-state index contributed by atoms with van der Waals surface area (Å²) in [5.74, 6) is 0.166. The van der Waals surface area contributed by atoms with Gasteiger partial charge >= 0.3 is 0 Å². The Balaban J connectivity index is 4.19. The first-order chi connectivity index (χ1) is 6.35. The maximum absolute atomic E-state index is 11.6. The zero-order valence-corrected chi connectivity index (χ0v) is 9.76. The van der Waals surface area contributed by atoms with Crippen molar-refractivity contribution < 1.29 is 9.53 Å². The highest BCUT2D eigenvalue weighted by molar-refractivity contribution is 5.84. The molecule has 1 amide bonds. The summed E-state index contributed by atoms with van der Waals surface area (Å²) >= 11 is 0. The van der Waals surface area contributed by atoms with Crippen molar-refractivity contribution in [3.05, 3.63) is 0 Å². The van der Waals surface area contributed by atoms with E-state index in [0.29, 0.717) is 6.54 Å². The molecular formula is C10H22N2O2. The Morgan fingerprint density at radius 1 is 1.50 bits per heavy atom. The van der Waals surface area contributed by atoms with Gasteiger partial charge < -0.3 is 15.8 Å². The standard InChI is InChI=1S/C10H22N2O2/c1-7(6-11)8(2)12-9(13)10(3,4)14-5/h7-8H,6,11H2,1-5H3,(H,12,13). The monoisotopic (exact) mass is 202 g/mol. The Hall–Kier alpha value is -0.610. The second-order valence-electron chi connectivity index (χ2n) is 4.19. The maximum atomic E-state index is 11.6. The summed E-state index contributed by atoms with van der Waals surface area (Å²) < 4.78 is 5.07. The minimum Gasteiger partial charge on any atom is -0.369 e. The van der Waals surface area contributed by atoms with E-state index >= 15 is 0 Å². The van der Waals surface area contributed by atoms with Crippen LogP contribution in [0.2, 0.25) is 0 Å². The normalized spacial score (nSPS) is 16.1. The maximum Gasteiger partial charge on any atom is 0.251 e. The van der Waals surface area contributed by atoms with Crippen LogP contribution in [0.15, 0.2) is 0 Å². The van der Waals surface area contributed by atoms with E-state index in [4.69, 9.17) is 10.5 Å². The van der Waals surface area contributed by atoms with Crippen molar-refractivity contribution in [2.75, 3.05) is 13.7 Å². The molecule has 14 heavy (non-hydrogen) atoms. The molecule has 2 unspecified atom stereocenters. The zero-order chi connectivity index (χ0) is 11.4. The quantitative estimate of drug-likeness (QED) is 0.682. The Morgan fingerprint density at radius 2 is 2.00 bits per heavy atom. The topological polar surface area (TPSA) is 64.3 Å². The number of methoxy groups -OCH3 is 1. The molecule has 2 atom stereocenters. The van der Waals surface area contributed by atoms with Gasteiger partial charge in [0.15, 0.2) is 0 Å². The van der Waals surface area contributed by atoms with Crippen LogP contribution in [0, 0.1) is 5.92 Å². The summed E-state index contributed by atoms with van der Waals surface area (Å²) in [5, 5.41) is 2.88. The number of hydrogen-bond acceptors (Lipinski definition) is 3. The number of ether oxygens (including phenoxy) is 1. The molecule has 0 aliphatic heterocycles. The molecule has 0 aliphatic carbocycles. The number of amides is 1. The summed E-state index contributed by atoms with van der Waals surface area (Å²) in [6, 6.07) is 0.0712. The Labute approximate surface area is 86.2 Å². The summed E-state index contributed by atoms with van der Waals surface area (Å²) in [5.41, 5.74) is 4.73. The van der Waals surface area contributed by atoms with Gasteiger partial charge in [0.2, 0.25) is 0 Å². The van der Waals surface area contributed by atoms with Crippen LogP contribution in [0.25, 0.3) is 0 Å². The molecule has 0 saturated carbocycles. The van der Waals surface area contributed by atoms with Gasteiger partial charge in [0.25, 0.3) is 5.91 Å². The van der Waals surface area contributed by atoms with Crippen LogP contribution >= 0.6 is 0 Å². The lowest BCUT2D eigenvalue weighted by Gasteiger charge is -2.26. The molecule has 0 saturated heterocycles. The fourth-order valence-electron chi connectivity index (χ4n) is 0.820. The van der Waals surface area contributed by atoms with E-state index in [9.17, 15) is 4.79 Å². The van der Waals surface area contributed by atoms with Crippen LogP contribution in [0.1, 0.15) is 27.7 Å². The molecule has 4 nitrogen and oxygen atoms in total. The second kappa shape index (κ2) is 5.32. The van der Waals surface area contributed by atoms with Gasteiger partial charge in [-0.1, -0.05) is 6.92 Å². The van der Waals surface area contributed by atoms with E-state index in [0.717, 1.165) is 0 Å². The van der Waals surface area contributed by atoms with Crippen LogP contribution in [0.5, 0.6) is 0 Å². The minimum absolute atomic E-state index is 0.0712. The molecule has 0 fully saturated rings. The van der Waals surface area contributed by atoms with E-state index in [-0.39, 0.29) is 17.9 Å². The molecule has 4 heteroatoms. The molecule has 0 radical (unpaired) electrons. The van der Waals surface area contributed by atoms with Gasteiger partial charge in [-0.05, 0) is 33.2 Å². The van der Waals surface area contributed by atoms with Gasteiger partial charge in [-0.25, -0.2) is 0 Å². The highest BCUT2D eigenvalue weighted by Crippen LogP contribution is 2.09. The lowest BCUT2D eigenvalue weighted by atomic mass is 10.0. The highest BCUT2D eigenvalue weighted by Gasteiger charge is 2.28. The van der Waals surface area contributed by atoms with Crippen LogP contribution in [0.4, 0.5) is 0 Å². The molecule has 0 rings (SSSR count). The summed E-state index contributed by atoms with van der Waals surface area (Å²) in [7, 11) is 1.52. The Kier molecular flexibility index (Phi) is 5.08. The van der Waals surface area contributed by atoms with E-state index in [1.54, 1.807) is 13.8 Å². The molecule has 0 aromatic heterocycles. The van der Waals surface area contributed by atoms with Gasteiger partial charge in [0.05, 0.1) is 0 Å². The highest BCUT2D eigenvalue weighted by atomic mass is 16.5. The van der Waals surface area contributed by atoms with Gasteiger partial charge in [-0.2, -0.15) is 0 Å². The fraction of sp³-hybridized carbons (Fsp3) is 0.900. The average Bonchev–Trinajstić information content (AvgIpc) is 2.16. The van der Waals surface area contributed by atoms with Crippen molar-refractivity contribution in [1.82, 2.24) is 5.32 Å². The minimum atomic E-state index is -0.775. The van der Waals surface area contributed by atoms with Gasteiger partial charge in [-0.15, -0.1) is 0 Å². The largest absolute Gasteiger partial charge is 0.369 e. The third-order valence-electron chi connectivity index (χ3n) is 2.64. The van der Waals surface area contributed by atoms with Crippen LogP contribution in [0.3, 0.4) is 0 Å². The van der Waals surface area contributed by atoms with Crippen LogP contribution in [-0.4, -0.2) is 31.2 Å². The molecule has 3 N–H and O–H groups in total. The smallest absolute Gasteiger partial charge is 0.251 e. The van der Waals surface area contributed by atoms with E-state index in [1.807, 2.05) is 13.8 Å². The predicted octanol–water partition coefficient (Wildman–Crippen LogP) is 0.511. The van der Waals surface area contributed by atoms with Crippen molar-refractivity contribution in [2.24, 2.45) is 11.7 Å². The molecule has 84 valence electrons. The lowest BCUT2D eigenvalue weighted by Crippen LogP contribution is -2.49. The predicted molar refractivity (Wildman–Crippen MR) is 56.9 cm³/mol. The first-order valence-corrected chi connectivity index (χ1v) is 4.91. The molecule has 0 heterocycles. The average molecular weight is 202 g/mol. The SMILES string of the molecule is COC(C)(C)C(=O)NC(C)C(C)CN. The van der Waals surface area contributed by atoms with Crippen LogP contribution < -0.4 is 11.1 Å². The van der Waals surface area contributed by atoms with Crippen LogP contribution in [-0.2, 0) is 9.53 Å². The molecule has 0 spiro atoms. The number of hydrogen-bond donors (Lipinski definition) is 2. The third-order valence-corrected chi connectivity index (χ3v) is 2.64. The number of carbonyl (C=O) groups excluding carboxylic acids is 1. The fourth-order valence-corrected chi connectivity index (χ4v) is 0.820. The Bertz CT molecular complexity index is 193. The van der Waals surface area contributed by atoms with Crippen molar-refractivity contribution in [1.29, 1.82) is 0 Å². The van der Waals surface area contributed by atoms with Crippen molar-refractivity contribution in [3.63, 3.8) is 0 Å². The molecule has 0 aromatic rings. The van der Waals surface area contributed by atoms with Crippen molar-refractivity contribution in [3.8, 4) is 0 Å². The van der Waals surface area contributed by atoms with Gasteiger partial charge in [0, 0.05) is 13.2 Å². The Morgan fingerprint density at radius 3 is 2.36 bits per heavy atom. The number of carbonyl (C=O) groups is 1. The van der Waals surface area contributed by atoms with Crippen molar-refractivity contribution >= 4 is 5.91 Å². The van der Waals surface area contributed by atoms with Gasteiger partial charge in [0.1, 0.15) is 5.60 Å². The van der Waals surface area contributed by atoms with Crippen molar-refractivity contribution in [2.45, 2.75) is 39.3 Å². The second-order valence-corrected chi connectivity index (χ2v) is 4.19. The molecular weight excluding hydrogens is 180 g/mol. The molecule has 0 bridgehead atoms. The van der Waals surface area contributed by atoms with E-state index < -0.39 is 5.60 Å². The first kappa shape index (κ1) is 13.4. The number of rotatable bonds is 5. The van der Waals surface area contributed by atoms with E-state index in [2.05, 4.69) is 5.32 Å². The zero-order valence-electron chi connectivity index (χ0n) is 9.76.